The maximum Gasteiger partial charge on any atom is 0.405 e. The molecule has 2 amide bonds. The van der Waals surface area contributed by atoms with Crippen LogP contribution in [0.4, 0.5) is 30.2 Å². The lowest BCUT2D eigenvalue weighted by Crippen LogP contribution is -2.48. The van der Waals surface area contributed by atoms with E-state index < -0.39 is 29.8 Å². The van der Waals surface area contributed by atoms with Crippen LogP contribution < -0.4 is 35.6 Å². The van der Waals surface area contributed by atoms with E-state index in [1.165, 1.54) is 6.20 Å². The summed E-state index contributed by atoms with van der Waals surface area (Å²) >= 11 is 6.78. The molecule has 0 spiro atoms. The third-order valence-corrected chi connectivity index (χ3v) is 8.06. The van der Waals surface area contributed by atoms with Crippen molar-refractivity contribution in [3.05, 3.63) is 73.1 Å². The number of piperazine rings is 1. The van der Waals surface area contributed by atoms with Gasteiger partial charge in [0.15, 0.2) is 5.57 Å². The zero-order valence-electron chi connectivity index (χ0n) is 23.6. The predicted octanol–water partition coefficient (Wildman–Crippen LogP) is 2.55. The minimum absolute atomic E-state index is 0.0530. The molecule has 1 aromatic heterocycles. The second-order valence-electron chi connectivity index (χ2n) is 9.76. The number of hydrogen-bond donors (Lipinski definition) is 3. The van der Waals surface area contributed by atoms with Gasteiger partial charge in [-0.2, -0.15) is 18.4 Å². The molecule has 0 unspecified atom stereocenters. The second-order valence-corrected chi connectivity index (χ2v) is 11.2. The van der Waals surface area contributed by atoms with E-state index in [0.29, 0.717) is 16.4 Å². The zero-order chi connectivity index (χ0) is 31.9. The van der Waals surface area contributed by atoms with Crippen LogP contribution in [-0.2, 0) is 16.1 Å². The first-order valence-electron chi connectivity index (χ1n) is 13.6. The SMILES string of the molecule is CCn1c(=O)/c(=C\Nc2cccc(NC(=O)CN3CCN(c4ccc(Cl)cc4)CC3)c2)s/c1=C(/C#N)C(=O)NCC(F)(F)F. The van der Waals surface area contributed by atoms with Crippen molar-refractivity contribution in [2.45, 2.75) is 19.6 Å². The average Bonchev–Trinajstić information content (AvgIpc) is 3.30. The van der Waals surface area contributed by atoms with E-state index in [2.05, 4.69) is 20.4 Å². The van der Waals surface area contributed by atoms with Crippen molar-refractivity contribution in [2.24, 2.45) is 0 Å². The Balaban J connectivity index is 1.40. The highest BCUT2D eigenvalue weighted by Gasteiger charge is 2.29. The van der Waals surface area contributed by atoms with Crippen molar-refractivity contribution in [1.29, 1.82) is 5.26 Å². The summed E-state index contributed by atoms with van der Waals surface area (Å²) in [5.74, 6) is -1.40. The Morgan fingerprint density at radius 1 is 1.09 bits per heavy atom. The fourth-order valence-corrected chi connectivity index (χ4v) is 5.72. The number of amides is 2. The van der Waals surface area contributed by atoms with Gasteiger partial charge in [-0.3, -0.25) is 23.9 Å². The van der Waals surface area contributed by atoms with Crippen molar-refractivity contribution < 1.29 is 22.8 Å². The van der Waals surface area contributed by atoms with Crippen molar-refractivity contribution in [1.82, 2.24) is 14.8 Å². The fraction of sp³-hybridized carbons (Fsp3) is 0.310. The largest absolute Gasteiger partial charge is 0.405 e. The Morgan fingerprint density at radius 2 is 1.77 bits per heavy atom. The fourth-order valence-electron chi connectivity index (χ4n) is 4.51. The van der Waals surface area contributed by atoms with E-state index >= 15 is 0 Å². The highest BCUT2D eigenvalue weighted by atomic mass is 35.5. The van der Waals surface area contributed by atoms with Crippen LogP contribution in [0.5, 0.6) is 0 Å². The van der Waals surface area contributed by atoms with E-state index in [1.54, 1.807) is 42.6 Å². The van der Waals surface area contributed by atoms with E-state index in [1.807, 2.05) is 24.3 Å². The first kappa shape index (κ1) is 32.6. The van der Waals surface area contributed by atoms with E-state index in [4.69, 9.17) is 11.6 Å². The van der Waals surface area contributed by atoms with Gasteiger partial charge in [0.2, 0.25) is 5.91 Å². The third-order valence-electron chi connectivity index (χ3n) is 6.67. The molecule has 15 heteroatoms. The zero-order valence-corrected chi connectivity index (χ0v) is 25.2. The van der Waals surface area contributed by atoms with Gasteiger partial charge < -0.3 is 20.9 Å². The quantitative estimate of drug-likeness (QED) is 0.326. The van der Waals surface area contributed by atoms with Crippen LogP contribution in [0.15, 0.2) is 53.3 Å². The number of anilines is 3. The number of carbonyl (C=O) groups is 2. The van der Waals surface area contributed by atoms with Crippen molar-refractivity contribution in [3.8, 4) is 6.07 Å². The van der Waals surface area contributed by atoms with E-state index in [-0.39, 0.29) is 28.2 Å². The normalized spacial score (nSPS) is 15.0. The highest BCUT2D eigenvalue weighted by molar-refractivity contribution is 7.07. The number of alkyl halides is 3. The Kier molecular flexibility index (Phi) is 10.7. The summed E-state index contributed by atoms with van der Waals surface area (Å²) in [6.45, 7) is 3.32. The summed E-state index contributed by atoms with van der Waals surface area (Å²) < 4.78 is 38.8. The number of nitrogens with zero attached hydrogens (tertiary/aromatic N) is 4. The molecule has 0 saturated carbocycles. The maximum atomic E-state index is 12.9. The molecule has 4 rings (SSSR count). The van der Waals surface area contributed by atoms with Gasteiger partial charge >= 0.3 is 6.18 Å². The van der Waals surface area contributed by atoms with E-state index in [0.717, 1.165) is 47.8 Å². The summed E-state index contributed by atoms with van der Waals surface area (Å²) in [5.41, 5.74) is 1.06. The number of carbonyl (C=O) groups excluding carboxylic acids is 2. The summed E-state index contributed by atoms with van der Waals surface area (Å²) in [4.78, 5) is 42.3. The summed E-state index contributed by atoms with van der Waals surface area (Å²) in [6.07, 6.45) is -3.27. The molecule has 1 fully saturated rings. The van der Waals surface area contributed by atoms with Gasteiger partial charge in [0, 0.05) is 61.0 Å². The molecule has 3 aromatic rings. The van der Waals surface area contributed by atoms with Crippen molar-refractivity contribution in [3.63, 3.8) is 0 Å². The van der Waals surface area contributed by atoms with Crippen LogP contribution in [0.25, 0.3) is 11.8 Å². The number of rotatable bonds is 9. The number of hydrogen-bond acceptors (Lipinski definition) is 8. The smallest absolute Gasteiger partial charge is 0.369 e. The predicted molar refractivity (Wildman–Crippen MR) is 165 cm³/mol. The van der Waals surface area contributed by atoms with Crippen LogP contribution >= 0.6 is 22.9 Å². The lowest BCUT2D eigenvalue weighted by Gasteiger charge is -2.35. The summed E-state index contributed by atoms with van der Waals surface area (Å²) in [6, 6.07) is 16.1. The molecule has 0 aliphatic carbocycles. The van der Waals surface area contributed by atoms with Crippen molar-refractivity contribution in [2.75, 3.05) is 54.8 Å². The molecule has 44 heavy (non-hydrogen) atoms. The van der Waals surface area contributed by atoms with E-state index in [9.17, 15) is 32.8 Å². The molecule has 2 aromatic carbocycles. The third kappa shape index (κ3) is 8.62. The molecule has 3 N–H and O–H groups in total. The standard InChI is InChI=1S/C29H29ClF3N7O3S/c1-2-40-27(43)24(44-28(40)23(15-34)26(42)36-18-29(31,32)33)16-35-20-4-3-5-21(14-20)37-25(41)17-38-10-12-39(13-11-38)22-8-6-19(30)7-9-22/h3-9,14,16,35H,2,10-13,17-18H2,1H3,(H,36,42)(H,37,41)/b24-16+,28-23-. The molecule has 0 bridgehead atoms. The lowest BCUT2D eigenvalue weighted by molar-refractivity contribution is -0.135. The molecule has 1 aliphatic rings. The number of aromatic nitrogens is 1. The van der Waals surface area contributed by atoms with Crippen LogP contribution in [0, 0.1) is 11.3 Å². The number of nitrogens with one attached hydrogen (secondary N) is 3. The van der Waals surface area contributed by atoms with Crippen LogP contribution in [0.2, 0.25) is 5.02 Å². The van der Waals surface area contributed by atoms with Crippen LogP contribution in [0.3, 0.4) is 0 Å². The van der Waals surface area contributed by atoms with Gasteiger partial charge in [-0.05, 0) is 49.4 Å². The molecular formula is C29H29ClF3N7O3S. The first-order chi connectivity index (χ1) is 21.0. The topological polar surface area (TPSA) is 122 Å². The second kappa shape index (κ2) is 14.4. The Morgan fingerprint density at radius 3 is 2.41 bits per heavy atom. The van der Waals surface area contributed by atoms with Gasteiger partial charge in [-0.1, -0.05) is 17.7 Å². The summed E-state index contributed by atoms with van der Waals surface area (Å²) in [7, 11) is 0. The molecule has 2 heterocycles. The monoisotopic (exact) mass is 647 g/mol. The molecule has 0 atom stereocenters. The minimum Gasteiger partial charge on any atom is -0.369 e. The summed E-state index contributed by atoms with van der Waals surface area (Å²) in [5, 5.41) is 17.7. The maximum absolute atomic E-state index is 12.9. The number of halogens is 4. The minimum atomic E-state index is -4.65. The Labute approximate surface area is 259 Å². The average molecular weight is 648 g/mol. The molecule has 232 valence electrons. The number of thiazole rings is 1. The first-order valence-corrected chi connectivity index (χ1v) is 14.8. The van der Waals surface area contributed by atoms with Gasteiger partial charge in [-0.25, -0.2) is 0 Å². The molecule has 1 saturated heterocycles. The highest BCUT2D eigenvalue weighted by Crippen LogP contribution is 2.20. The number of nitriles is 1. The molecule has 1 aliphatic heterocycles. The molecule has 10 nitrogen and oxygen atoms in total. The van der Waals surface area contributed by atoms with Crippen molar-refractivity contribution >= 4 is 63.6 Å². The van der Waals surface area contributed by atoms with Gasteiger partial charge in [-0.15, -0.1) is 11.3 Å². The van der Waals surface area contributed by atoms with Gasteiger partial charge in [0.05, 0.1) is 6.54 Å². The lowest BCUT2D eigenvalue weighted by atomic mass is 10.2. The molecular weight excluding hydrogens is 619 g/mol. The Hall–Kier alpha value is -4.32. The van der Waals surface area contributed by atoms with Gasteiger partial charge in [0.25, 0.3) is 11.5 Å². The Bertz CT molecular complexity index is 1720. The molecule has 0 radical (unpaired) electrons. The van der Waals surface area contributed by atoms with Crippen LogP contribution in [-0.4, -0.2) is 66.7 Å². The van der Waals surface area contributed by atoms with Gasteiger partial charge in [0.1, 0.15) is 21.8 Å². The van der Waals surface area contributed by atoms with Crippen LogP contribution in [0.1, 0.15) is 6.92 Å². The number of benzene rings is 2.